The monoisotopic (exact) mass is 229 g/mol. The SMILES string of the molecule is CCCNC(=O)C(CCCN=C(N)N)NC. The van der Waals surface area contributed by atoms with Gasteiger partial charge in [0.1, 0.15) is 0 Å². The molecule has 1 unspecified atom stereocenters. The lowest BCUT2D eigenvalue weighted by atomic mass is 10.1. The summed E-state index contributed by atoms with van der Waals surface area (Å²) in [6, 6.07) is -0.166. The van der Waals surface area contributed by atoms with Crippen LogP contribution in [0.25, 0.3) is 0 Å². The van der Waals surface area contributed by atoms with Gasteiger partial charge in [0.25, 0.3) is 0 Å². The number of guanidine groups is 1. The number of aliphatic imine (C=N–C) groups is 1. The van der Waals surface area contributed by atoms with Crippen LogP contribution in [0.2, 0.25) is 0 Å². The van der Waals surface area contributed by atoms with Gasteiger partial charge in [-0.3, -0.25) is 9.79 Å². The molecule has 94 valence electrons. The molecule has 6 nitrogen and oxygen atoms in total. The van der Waals surface area contributed by atoms with E-state index in [9.17, 15) is 4.79 Å². The molecule has 6 heteroatoms. The van der Waals surface area contributed by atoms with Crippen molar-refractivity contribution in [1.29, 1.82) is 0 Å². The highest BCUT2D eigenvalue weighted by Gasteiger charge is 2.14. The van der Waals surface area contributed by atoms with E-state index in [1.54, 1.807) is 7.05 Å². The normalized spacial score (nSPS) is 11.9. The Morgan fingerprint density at radius 3 is 2.62 bits per heavy atom. The lowest BCUT2D eigenvalue weighted by Gasteiger charge is -2.15. The summed E-state index contributed by atoms with van der Waals surface area (Å²) in [5, 5.41) is 5.82. The van der Waals surface area contributed by atoms with Crippen LogP contribution in [0.3, 0.4) is 0 Å². The zero-order valence-electron chi connectivity index (χ0n) is 10.1. The molecule has 0 bridgehead atoms. The molecular formula is C10H23N5O. The molecule has 0 aromatic heterocycles. The summed E-state index contributed by atoms with van der Waals surface area (Å²) in [7, 11) is 1.77. The van der Waals surface area contributed by atoms with Crippen molar-refractivity contribution >= 4 is 11.9 Å². The van der Waals surface area contributed by atoms with Gasteiger partial charge in [-0.25, -0.2) is 0 Å². The smallest absolute Gasteiger partial charge is 0.237 e. The van der Waals surface area contributed by atoms with E-state index in [0.717, 1.165) is 19.3 Å². The van der Waals surface area contributed by atoms with E-state index in [1.165, 1.54) is 0 Å². The maximum atomic E-state index is 11.6. The second-order valence-corrected chi connectivity index (χ2v) is 3.58. The summed E-state index contributed by atoms with van der Waals surface area (Å²) >= 11 is 0. The van der Waals surface area contributed by atoms with E-state index >= 15 is 0 Å². The molecule has 0 fully saturated rings. The van der Waals surface area contributed by atoms with Gasteiger partial charge in [-0.05, 0) is 26.3 Å². The first-order valence-corrected chi connectivity index (χ1v) is 5.62. The summed E-state index contributed by atoms with van der Waals surface area (Å²) in [4.78, 5) is 15.5. The van der Waals surface area contributed by atoms with Crippen LogP contribution in [0, 0.1) is 0 Å². The van der Waals surface area contributed by atoms with Gasteiger partial charge in [0.15, 0.2) is 5.96 Å². The zero-order chi connectivity index (χ0) is 12.4. The van der Waals surface area contributed by atoms with E-state index in [0.29, 0.717) is 13.1 Å². The van der Waals surface area contributed by atoms with Crippen LogP contribution in [-0.2, 0) is 4.79 Å². The Morgan fingerprint density at radius 2 is 2.12 bits per heavy atom. The molecule has 0 aliphatic rings. The molecule has 16 heavy (non-hydrogen) atoms. The van der Waals surface area contributed by atoms with E-state index in [2.05, 4.69) is 15.6 Å². The number of nitrogens with two attached hydrogens (primary N) is 2. The molecule has 0 aromatic carbocycles. The molecule has 0 aliphatic carbocycles. The predicted octanol–water partition coefficient (Wildman–Crippen LogP) is -0.846. The van der Waals surface area contributed by atoms with Gasteiger partial charge < -0.3 is 22.1 Å². The van der Waals surface area contributed by atoms with Crippen molar-refractivity contribution in [3.8, 4) is 0 Å². The van der Waals surface area contributed by atoms with Crippen LogP contribution < -0.4 is 22.1 Å². The first-order chi connectivity index (χ1) is 7.61. The van der Waals surface area contributed by atoms with Crippen LogP contribution in [0.1, 0.15) is 26.2 Å². The third kappa shape index (κ3) is 7.05. The molecule has 0 heterocycles. The zero-order valence-corrected chi connectivity index (χ0v) is 10.1. The molecule has 0 spiro atoms. The fraction of sp³-hybridized carbons (Fsp3) is 0.800. The number of carbonyl (C=O) groups excluding carboxylic acids is 1. The molecule has 1 atom stereocenters. The number of nitrogens with one attached hydrogen (secondary N) is 2. The van der Waals surface area contributed by atoms with Gasteiger partial charge in [0.2, 0.25) is 5.91 Å². The lowest BCUT2D eigenvalue weighted by Crippen LogP contribution is -2.42. The minimum Gasteiger partial charge on any atom is -0.370 e. The molecule has 6 N–H and O–H groups in total. The second kappa shape index (κ2) is 8.96. The van der Waals surface area contributed by atoms with Crippen molar-refractivity contribution in [3.05, 3.63) is 0 Å². The highest BCUT2D eigenvalue weighted by atomic mass is 16.2. The lowest BCUT2D eigenvalue weighted by molar-refractivity contribution is -0.123. The molecule has 0 saturated heterocycles. The molecule has 0 aromatic rings. The molecular weight excluding hydrogens is 206 g/mol. The third-order valence-electron chi connectivity index (χ3n) is 2.16. The Balaban J connectivity index is 3.82. The maximum Gasteiger partial charge on any atom is 0.237 e. The number of hydrogen-bond donors (Lipinski definition) is 4. The van der Waals surface area contributed by atoms with Crippen LogP contribution in [0.4, 0.5) is 0 Å². The van der Waals surface area contributed by atoms with Gasteiger partial charge in [0, 0.05) is 13.1 Å². The van der Waals surface area contributed by atoms with Crippen molar-refractivity contribution in [3.63, 3.8) is 0 Å². The molecule has 1 amide bonds. The largest absolute Gasteiger partial charge is 0.370 e. The number of likely N-dealkylation sites (N-methyl/N-ethyl adjacent to an activating group) is 1. The topological polar surface area (TPSA) is 106 Å². The van der Waals surface area contributed by atoms with E-state index in [1.807, 2.05) is 6.92 Å². The third-order valence-corrected chi connectivity index (χ3v) is 2.16. The van der Waals surface area contributed by atoms with Gasteiger partial charge in [-0.15, -0.1) is 0 Å². The summed E-state index contributed by atoms with van der Waals surface area (Å²) in [5.41, 5.74) is 10.4. The first-order valence-electron chi connectivity index (χ1n) is 5.62. The number of amides is 1. The quantitative estimate of drug-likeness (QED) is 0.247. The number of nitrogens with zero attached hydrogens (tertiary/aromatic N) is 1. The first kappa shape index (κ1) is 14.7. The fourth-order valence-electron chi connectivity index (χ4n) is 1.28. The average molecular weight is 229 g/mol. The van der Waals surface area contributed by atoms with Crippen LogP contribution in [0.5, 0.6) is 0 Å². The Labute approximate surface area is 96.9 Å². The van der Waals surface area contributed by atoms with Gasteiger partial charge >= 0.3 is 0 Å². The standard InChI is InChI=1S/C10H23N5O/c1-3-6-14-9(16)8(13-2)5-4-7-15-10(11)12/h8,13H,3-7H2,1-2H3,(H,14,16)(H4,11,12,15). The number of rotatable bonds is 8. The fourth-order valence-corrected chi connectivity index (χ4v) is 1.28. The Kier molecular flexibility index (Phi) is 8.24. The average Bonchev–Trinajstić information content (AvgIpc) is 2.25. The highest BCUT2D eigenvalue weighted by molar-refractivity contribution is 5.81. The Morgan fingerprint density at radius 1 is 1.44 bits per heavy atom. The summed E-state index contributed by atoms with van der Waals surface area (Å²) in [5.74, 6) is 0.130. The van der Waals surface area contributed by atoms with Crippen molar-refractivity contribution in [2.75, 3.05) is 20.1 Å². The van der Waals surface area contributed by atoms with E-state index in [-0.39, 0.29) is 17.9 Å². The van der Waals surface area contributed by atoms with Gasteiger partial charge in [0.05, 0.1) is 6.04 Å². The van der Waals surface area contributed by atoms with Crippen LogP contribution in [-0.4, -0.2) is 38.0 Å². The van der Waals surface area contributed by atoms with Crippen molar-refractivity contribution in [2.24, 2.45) is 16.5 Å². The minimum atomic E-state index is -0.166. The van der Waals surface area contributed by atoms with Crippen molar-refractivity contribution in [2.45, 2.75) is 32.2 Å². The van der Waals surface area contributed by atoms with Gasteiger partial charge in [-0.2, -0.15) is 0 Å². The maximum absolute atomic E-state index is 11.6. The summed E-state index contributed by atoms with van der Waals surface area (Å²) < 4.78 is 0. The molecule has 0 radical (unpaired) electrons. The van der Waals surface area contributed by atoms with Crippen LogP contribution in [0.15, 0.2) is 4.99 Å². The van der Waals surface area contributed by atoms with Crippen molar-refractivity contribution in [1.82, 2.24) is 10.6 Å². The van der Waals surface area contributed by atoms with E-state index < -0.39 is 0 Å². The molecule has 0 rings (SSSR count). The second-order valence-electron chi connectivity index (χ2n) is 3.58. The number of carbonyl (C=O) groups is 1. The molecule has 0 saturated carbocycles. The van der Waals surface area contributed by atoms with Crippen molar-refractivity contribution < 1.29 is 4.79 Å². The predicted molar refractivity (Wildman–Crippen MR) is 66.1 cm³/mol. The van der Waals surface area contributed by atoms with E-state index in [4.69, 9.17) is 11.5 Å². The highest BCUT2D eigenvalue weighted by Crippen LogP contribution is 1.97. The molecule has 0 aliphatic heterocycles. The van der Waals surface area contributed by atoms with Crippen LogP contribution >= 0.6 is 0 Å². The van der Waals surface area contributed by atoms with Gasteiger partial charge in [-0.1, -0.05) is 6.92 Å². The Bertz CT molecular complexity index is 225. The summed E-state index contributed by atoms with van der Waals surface area (Å²) in [6.07, 6.45) is 2.45. The summed E-state index contributed by atoms with van der Waals surface area (Å²) in [6.45, 7) is 3.29. The number of hydrogen-bond acceptors (Lipinski definition) is 3. The Hall–Kier alpha value is -1.30. The minimum absolute atomic E-state index is 0.0362.